The average molecular weight is 437 g/mol. The number of rotatable bonds is 4. The van der Waals surface area contributed by atoms with Gasteiger partial charge in [-0.1, -0.05) is 41.6 Å². The van der Waals surface area contributed by atoms with Crippen LogP contribution in [0.5, 0.6) is 0 Å². The van der Waals surface area contributed by atoms with E-state index in [0.717, 1.165) is 11.8 Å². The lowest BCUT2D eigenvalue weighted by molar-refractivity contribution is 0.266. The molecule has 0 N–H and O–H groups in total. The normalized spacial score (nSPS) is 17.8. The predicted octanol–water partition coefficient (Wildman–Crippen LogP) is 4.60. The van der Waals surface area contributed by atoms with Gasteiger partial charge in [0, 0.05) is 24.0 Å². The number of hydrogen-bond donors (Lipinski definition) is 0. The number of halogens is 1. The van der Waals surface area contributed by atoms with Gasteiger partial charge in [0.2, 0.25) is 21.7 Å². The maximum Gasteiger partial charge on any atom is 0.243 e. The second-order valence-corrected chi connectivity index (χ2v) is 9.55. The summed E-state index contributed by atoms with van der Waals surface area (Å²) in [6.45, 7) is 0.720. The minimum atomic E-state index is -3.68. The molecule has 5 rings (SSSR count). The van der Waals surface area contributed by atoms with E-state index in [4.69, 9.17) is 4.52 Å². The fourth-order valence-electron chi connectivity index (χ4n) is 4.04. The van der Waals surface area contributed by atoms with E-state index < -0.39 is 10.0 Å². The van der Waals surface area contributed by atoms with Crippen LogP contribution in [0.3, 0.4) is 0 Å². The molecule has 0 saturated carbocycles. The van der Waals surface area contributed by atoms with Crippen molar-refractivity contribution in [2.75, 3.05) is 13.1 Å². The van der Waals surface area contributed by atoms with Crippen LogP contribution in [0, 0.1) is 5.82 Å². The van der Waals surface area contributed by atoms with Gasteiger partial charge < -0.3 is 4.52 Å². The van der Waals surface area contributed by atoms with Crippen LogP contribution < -0.4 is 0 Å². The fraction of sp³-hybridized carbons (Fsp3) is 0.217. The summed E-state index contributed by atoms with van der Waals surface area (Å²) < 4.78 is 47.0. The molecule has 6 nitrogen and oxygen atoms in total. The molecule has 0 unspecified atom stereocenters. The largest absolute Gasteiger partial charge is 0.339 e. The first-order valence-electron chi connectivity index (χ1n) is 10.1. The van der Waals surface area contributed by atoms with E-state index >= 15 is 0 Å². The van der Waals surface area contributed by atoms with E-state index in [-0.39, 0.29) is 18.3 Å². The molecule has 0 aliphatic carbocycles. The van der Waals surface area contributed by atoms with Gasteiger partial charge in [0.05, 0.1) is 10.8 Å². The Bertz CT molecular complexity index is 1330. The van der Waals surface area contributed by atoms with Crippen LogP contribution in [0.25, 0.3) is 22.2 Å². The standard InChI is InChI=1S/C23H20FN3O3S/c24-19-12-10-17(11-13-19)22-25-23(30-26-22)18-7-4-14-27(15-18)31(28,29)21-9-3-6-16-5-1-2-8-20(16)21/h1-3,5-6,8-13,18H,4,7,14-15H2/t18-/m0/s1. The number of aromatic nitrogens is 2. The Balaban J connectivity index is 1.42. The molecule has 31 heavy (non-hydrogen) atoms. The first-order chi connectivity index (χ1) is 15.0. The smallest absolute Gasteiger partial charge is 0.243 e. The van der Waals surface area contributed by atoms with Crippen LogP contribution >= 0.6 is 0 Å². The predicted molar refractivity (Wildman–Crippen MR) is 114 cm³/mol. The second kappa shape index (κ2) is 7.86. The molecular formula is C23H20FN3O3S. The second-order valence-electron chi connectivity index (χ2n) is 7.64. The minimum absolute atomic E-state index is 0.194. The maximum atomic E-state index is 13.5. The molecule has 1 atom stereocenters. The summed E-state index contributed by atoms with van der Waals surface area (Å²) in [6, 6.07) is 18.6. The first-order valence-corrected chi connectivity index (χ1v) is 11.5. The molecule has 1 aromatic heterocycles. The van der Waals surface area contributed by atoms with Crippen molar-refractivity contribution in [3.8, 4) is 11.4 Å². The van der Waals surface area contributed by atoms with Gasteiger partial charge in [0.15, 0.2) is 0 Å². The zero-order valence-corrected chi connectivity index (χ0v) is 17.4. The molecule has 0 bridgehead atoms. The van der Waals surface area contributed by atoms with Crippen LogP contribution in [0.15, 0.2) is 76.1 Å². The highest BCUT2D eigenvalue weighted by Crippen LogP contribution is 2.32. The van der Waals surface area contributed by atoms with Crippen LogP contribution in [0.2, 0.25) is 0 Å². The van der Waals surface area contributed by atoms with Gasteiger partial charge in [-0.3, -0.25) is 0 Å². The molecular weight excluding hydrogens is 417 g/mol. The Morgan fingerprint density at radius 2 is 1.77 bits per heavy atom. The summed E-state index contributed by atoms with van der Waals surface area (Å²) >= 11 is 0. The van der Waals surface area contributed by atoms with Crippen molar-refractivity contribution in [1.29, 1.82) is 0 Å². The molecule has 1 aliphatic heterocycles. The number of fused-ring (bicyclic) bond motifs is 1. The van der Waals surface area contributed by atoms with E-state index in [0.29, 0.717) is 40.5 Å². The topological polar surface area (TPSA) is 76.3 Å². The molecule has 1 fully saturated rings. The van der Waals surface area contributed by atoms with Crippen molar-refractivity contribution in [1.82, 2.24) is 14.4 Å². The Labute approximate surface area is 179 Å². The third kappa shape index (κ3) is 3.73. The highest BCUT2D eigenvalue weighted by atomic mass is 32.2. The zero-order valence-electron chi connectivity index (χ0n) is 16.6. The fourth-order valence-corrected chi connectivity index (χ4v) is 5.78. The molecule has 0 spiro atoms. The van der Waals surface area contributed by atoms with E-state index in [1.165, 1.54) is 16.4 Å². The van der Waals surface area contributed by atoms with Crippen molar-refractivity contribution >= 4 is 20.8 Å². The van der Waals surface area contributed by atoms with Gasteiger partial charge in [-0.05, 0) is 48.6 Å². The monoisotopic (exact) mass is 437 g/mol. The summed E-state index contributed by atoms with van der Waals surface area (Å²) in [5.74, 6) is 0.232. The molecule has 1 aliphatic rings. The Morgan fingerprint density at radius 3 is 2.61 bits per heavy atom. The van der Waals surface area contributed by atoms with Gasteiger partial charge in [-0.25, -0.2) is 12.8 Å². The molecule has 158 valence electrons. The van der Waals surface area contributed by atoms with E-state index in [9.17, 15) is 12.8 Å². The third-order valence-corrected chi connectivity index (χ3v) is 7.57. The van der Waals surface area contributed by atoms with Crippen molar-refractivity contribution in [2.45, 2.75) is 23.7 Å². The minimum Gasteiger partial charge on any atom is -0.339 e. The number of nitrogens with zero attached hydrogens (tertiary/aromatic N) is 3. The van der Waals surface area contributed by atoms with Crippen molar-refractivity contribution < 1.29 is 17.3 Å². The lowest BCUT2D eigenvalue weighted by Gasteiger charge is -2.30. The molecule has 1 saturated heterocycles. The van der Waals surface area contributed by atoms with Crippen molar-refractivity contribution in [2.24, 2.45) is 0 Å². The zero-order chi connectivity index (χ0) is 21.4. The summed E-state index contributed by atoms with van der Waals surface area (Å²) in [6.07, 6.45) is 1.45. The van der Waals surface area contributed by atoms with Gasteiger partial charge >= 0.3 is 0 Å². The van der Waals surface area contributed by atoms with E-state index in [1.807, 2.05) is 30.3 Å². The average Bonchev–Trinajstić information content (AvgIpc) is 3.29. The van der Waals surface area contributed by atoms with E-state index in [2.05, 4.69) is 10.1 Å². The van der Waals surface area contributed by atoms with Crippen LogP contribution in [-0.4, -0.2) is 36.0 Å². The number of sulfonamides is 1. The Morgan fingerprint density at radius 1 is 1.00 bits per heavy atom. The Hall–Kier alpha value is -3.10. The Kier molecular flexibility index (Phi) is 5.03. The molecule has 0 amide bonds. The summed E-state index contributed by atoms with van der Waals surface area (Å²) in [5, 5.41) is 5.60. The SMILES string of the molecule is O=S(=O)(c1cccc2ccccc12)N1CCC[C@H](c2nc(-c3ccc(F)cc3)no2)C1. The molecule has 8 heteroatoms. The van der Waals surface area contributed by atoms with Crippen LogP contribution in [-0.2, 0) is 10.0 Å². The summed E-state index contributed by atoms with van der Waals surface area (Å²) in [4.78, 5) is 4.76. The van der Waals surface area contributed by atoms with Gasteiger partial charge in [-0.15, -0.1) is 0 Å². The highest BCUT2D eigenvalue weighted by Gasteiger charge is 2.34. The van der Waals surface area contributed by atoms with Gasteiger partial charge in [-0.2, -0.15) is 9.29 Å². The number of benzene rings is 3. The van der Waals surface area contributed by atoms with Gasteiger partial charge in [0.1, 0.15) is 5.82 Å². The van der Waals surface area contributed by atoms with Crippen LogP contribution in [0.1, 0.15) is 24.7 Å². The maximum absolute atomic E-state index is 13.5. The number of piperidine rings is 1. The highest BCUT2D eigenvalue weighted by molar-refractivity contribution is 7.89. The lowest BCUT2D eigenvalue weighted by Crippen LogP contribution is -2.39. The molecule has 2 heterocycles. The third-order valence-electron chi connectivity index (χ3n) is 5.64. The van der Waals surface area contributed by atoms with Crippen molar-refractivity contribution in [3.63, 3.8) is 0 Å². The van der Waals surface area contributed by atoms with Crippen LogP contribution in [0.4, 0.5) is 4.39 Å². The lowest BCUT2D eigenvalue weighted by atomic mass is 10.00. The first kappa shape index (κ1) is 19.8. The summed E-state index contributed by atoms with van der Waals surface area (Å²) in [7, 11) is -3.68. The molecule has 3 aromatic carbocycles. The van der Waals surface area contributed by atoms with Gasteiger partial charge in [0.25, 0.3) is 0 Å². The quantitative estimate of drug-likeness (QED) is 0.466. The van der Waals surface area contributed by atoms with Crippen molar-refractivity contribution in [3.05, 3.63) is 78.4 Å². The summed E-state index contributed by atoms with van der Waals surface area (Å²) in [5.41, 5.74) is 0.646. The number of hydrogen-bond acceptors (Lipinski definition) is 5. The molecule has 0 radical (unpaired) electrons. The van der Waals surface area contributed by atoms with E-state index in [1.54, 1.807) is 24.3 Å². The molecule has 4 aromatic rings.